The minimum absolute atomic E-state index is 0.118. The smallest absolute Gasteiger partial charge is 0.246 e. The summed E-state index contributed by atoms with van der Waals surface area (Å²) in [6.07, 6.45) is 5.90. The summed E-state index contributed by atoms with van der Waals surface area (Å²) in [6, 6.07) is 9.76. The van der Waals surface area contributed by atoms with Crippen LogP contribution in [0.15, 0.2) is 36.4 Å². The van der Waals surface area contributed by atoms with E-state index in [1.807, 2.05) is 90.6 Å². The van der Waals surface area contributed by atoms with Gasteiger partial charge in [-0.15, -0.1) is 0 Å². The molecule has 0 aromatic heterocycles. The highest BCUT2D eigenvalue weighted by Crippen LogP contribution is 2.22. The van der Waals surface area contributed by atoms with E-state index in [0.29, 0.717) is 18.6 Å². The quantitative estimate of drug-likeness (QED) is 0.689. The molecule has 6 nitrogen and oxygen atoms in total. The fraction of sp³-hybridized carbons (Fsp3) is 0.480. The molecule has 1 rings (SSSR count). The lowest BCUT2D eigenvalue weighted by Crippen LogP contribution is -2.60. The number of nitrogens with zero attached hydrogens (tertiary/aromatic N) is 2. The maximum Gasteiger partial charge on any atom is 0.246 e. The van der Waals surface area contributed by atoms with Crippen LogP contribution in [0.2, 0.25) is 0 Å². The van der Waals surface area contributed by atoms with Crippen molar-refractivity contribution in [1.29, 1.82) is 5.26 Å². The van der Waals surface area contributed by atoms with Crippen molar-refractivity contribution in [3.63, 3.8) is 0 Å². The minimum Gasteiger partial charge on any atom is -0.373 e. The molecule has 1 N–H and O–H groups in total. The van der Waals surface area contributed by atoms with Gasteiger partial charge < -0.3 is 14.8 Å². The predicted molar refractivity (Wildman–Crippen MR) is 126 cm³/mol. The van der Waals surface area contributed by atoms with Crippen LogP contribution in [0.4, 0.5) is 0 Å². The Kier molecular flexibility index (Phi) is 12.3. The van der Waals surface area contributed by atoms with Crippen LogP contribution in [-0.4, -0.2) is 48.9 Å². The summed E-state index contributed by atoms with van der Waals surface area (Å²) in [5.74, 6) is -0.118. The van der Waals surface area contributed by atoms with E-state index in [9.17, 15) is 10.1 Å². The van der Waals surface area contributed by atoms with Crippen LogP contribution in [0.25, 0.3) is 11.8 Å². The molecule has 1 atom stereocenters. The number of carbonyl (C=O) groups is 2. The normalized spacial score (nSPS) is 15.0. The van der Waals surface area contributed by atoms with E-state index in [1.165, 1.54) is 0 Å². The van der Waals surface area contributed by atoms with Crippen LogP contribution < -0.4 is 15.8 Å². The van der Waals surface area contributed by atoms with Gasteiger partial charge in [-0.25, -0.2) is 0 Å². The van der Waals surface area contributed by atoms with E-state index < -0.39 is 5.54 Å². The number of amides is 1. The Morgan fingerprint density at radius 2 is 1.87 bits per heavy atom. The highest BCUT2D eigenvalue weighted by atomic mass is 16.5. The molecule has 170 valence electrons. The molecular weight excluding hydrogens is 390 g/mol. The van der Waals surface area contributed by atoms with Crippen molar-refractivity contribution >= 4 is 24.5 Å². The first-order chi connectivity index (χ1) is 14.6. The second kappa shape index (κ2) is 13.5. The number of hydrogen-bond donors (Lipinski definition) is 1. The molecule has 31 heavy (non-hydrogen) atoms. The van der Waals surface area contributed by atoms with E-state index in [0.717, 1.165) is 17.0 Å². The van der Waals surface area contributed by atoms with E-state index in [-0.39, 0.29) is 11.5 Å². The third-order valence-corrected chi connectivity index (χ3v) is 5.02. The van der Waals surface area contributed by atoms with Gasteiger partial charge in [-0.1, -0.05) is 44.2 Å². The van der Waals surface area contributed by atoms with Crippen LogP contribution in [0.5, 0.6) is 0 Å². The van der Waals surface area contributed by atoms with E-state index >= 15 is 0 Å². The number of likely N-dealkylation sites (N-methyl/N-ethyl adjacent to an activating group) is 1. The fourth-order valence-corrected chi connectivity index (χ4v) is 3.02. The van der Waals surface area contributed by atoms with Gasteiger partial charge >= 0.3 is 0 Å². The molecule has 1 aromatic rings. The van der Waals surface area contributed by atoms with Gasteiger partial charge in [-0.2, -0.15) is 5.26 Å². The summed E-state index contributed by atoms with van der Waals surface area (Å²) in [5.41, 5.74) is -0.565. The van der Waals surface area contributed by atoms with Crippen molar-refractivity contribution in [2.45, 2.75) is 59.1 Å². The van der Waals surface area contributed by atoms with Gasteiger partial charge in [0.2, 0.25) is 5.91 Å². The molecule has 1 aromatic carbocycles. The molecule has 0 saturated carbocycles. The second-order valence-electron chi connectivity index (χ2n) is 8.03. The third kappa shape index (κ3) is 8.12. The zero-order chi connectivity index (χ0) is 24.1. The third-order valence-electron chi connectivity index (χ3n) is 5.02. The van der Waals surface area contributed by atoms with E-state index in [2.05, 4.69) is 11.4 Å². The van der Waals surface area contributed by atoms with Crippen LogP contribution in [0.3, 0.4) is 0 Å². The monoisotopic (exact) mass is 427 g/mol. The van der Waals surface area contributed by atoms with Crippen molar-refractivity contribution in [3.8, 4) is 6.07 Å². The first-order valence-corrected chi connectivity index (χ1v) is 10.4. The van der Waals surface area contributed by atoms with E-state index in [1.54, 1.807) is 12.3 Å². The summed E-state index contributed by atoms with van der Waals surface area (Å²) in [4.78, 5) is 23.3. The van der Waals surface area contributed by atoms with Crippen LogP contribution in [0, 0.1) is 11.3 Å². The molecule has 0 saturated heterocycles. The fourth-order valence-electron chi connectivity index (χ4n) is 3.02. The summed E-state index contributed by atoms with van der Waals surface area (Å²) in [7, 11) is 1.94. The van der Waals surface area contributed by atoms with Crippen molar-refractivity contribution in [1.82, 2.24) is 10.2 Å². The standard InChI is InChI=1S/C24H35N3O2.CH2O/c1-8-13-19(16-25)21-15-12-11-14-20(21)17-26-22(28)24(9-2,27(7)10-3)18-29-23(4,5)6;1-2/h8,11-15,17H,9-10,18H2,1-7H3,(H,26,28);1H2/b13-8-,20-17+,21-19+;. The predicted octanol–water partition coefficient (Wildman–Crippen LogP) is 2.52. The lowest BCUT2D eigenvalue weighted by atomic mass is 9.93. The molecule has 0 heterocycles. The molecule has 6 heteroatoms. The van der Waals surface area contributed by atoms with Gasteiger partial charge in [0, 0.05) is 11.4 Å². The second-order valence-corrected chi connectivity index (χ2v) is 8.03. The number of nitrogens with one attached hydrogen (secondary N) is 1. The lowest BCUT2D eigenvalue weighted by Gasteiger charge is -2.40. The highest BCUT2D eigenvalue weighted by Gasteiger charge is 2.41. The zero-order valence-corrected chi connectivity index (χ0v) is 20.0. The van der Waals surface area contributed by atoms with Gasteiger partial charge in [0.15, 0.2) is 0 Å². The molecule has 0 aliphatic rings. The molecule has 0 fully saturated rings. The lowest BCUT2D eigenvalue weighted by molar-refractivity contribution is -0.141. The Hall–Kier alpha value is -2.75. The van der Waals surface area contributed by atoms with Gasteiger partial charge in [0.05, 0.1) is 23.9 Å². The zero-order valence-electron chi connectivity index (χ0n) is 20.0. The summed E-state index contributed by atoms with van der Waals surface area (Å²) in [6.45, 7) is 14.9. The first-order valence-electron chi connectivity index (χ1n) is 10.4. The summed E-state index contributed by atoms with van der Waals surface area (Å²) in [5, 5.41) is 14.0. The Bertz CT molecular complexity index is 894. The number of nitriles is 1. The van der Waals surface area contributed by atoms with E-state index in [4.69, 9.17) is 9.53 Å². The molecule has 0 bridgehead atoms. The van der Waals surface area contributed by atoms with Gasteiger partial charge in [-0.3, -0.25) is 9.69 Å². The molecular formula is C25H37N3O3. The largest absolute Gasteiger partial charge is 0.373 e. The molecule has 1 amide bonds. The van der Waals surface area contributed by atoms with Gasteiger partial charge in [0.1, 0.15) is 12.3 Å². The number of carbonyl (C=O) groups excluding carboxylic acids is 2. The molecule has 1 unspecified atom stereocenters. The minimum atomic E-state index is -0.779. The van der Waals surface area contributed by atoms with Crippen molar-refractivity contribution < 1.29 is 14.3 Å². The Morgan fingerprint density at radius 1 is 1.26 bits per heavy atom. The van der Waals surface area contributed by atoms with Crippen LogP contribution in [0.1, 0.15) is 48.0 Å². The van der Waals surface area contributed by atoms with Crippen molar-refractivity contribution in [3.05, 3.63) is 46.9 Å². The SMILES string of the molecule is C=O.C\C=C/C(C#N)=c1/cccc/c1=C\NC(=O)C(CC)(COC(C)(C)C)N(C)CC. The summed E-state index contributed by atoms with van der Waals surface area (Å²) < 4.78 is 6.02. The Balaban J connectivity index is 0.00000436. The Morgan fingerprint density at radius 3 is 2.35 bits per heavy atom. The average molecular weight is 428 g/mol. The molecule has 0 aliphatic carbocycles. The highest BCUT2D eigenvalue weighted by molar-refractivity contribution is 5.89. The van der Waals surface area contributed by atoms with Crippen molar-refractivity contribution in [2.24, 2.45) is 0 Å². The molecule has 0 spiro atoms. The van der Waals surface area contributed by atoms with Crippen LogP contribution >= 0.6 is 0 Å². The number of benzene rings is 1. The topological polar surface area (TPSA) is 82.4 Å². The van der Waals surface area contributed by atoms with Gasteiger partial charge in [0.25, 0.3) is 0 Å². The maximum atomic E-state index is 13.3. The van der Waals surface area contributed by atoms with Crippen LogP contribution in [-0.2, 0) is 14.3 Å². The number of rotatable bonds is 8. The number of hydrogen-bond acceptors (Lipinski definition) is 5. The first kappa shape index (κ1) is 28.2. The Labute approximate surface area is 186 Å². The average Bonchev–Trinajstić information content (AvgIpc) is 2.77. The molecule has 0 aliphatic heterocycles. The summed E-state index contributed by atoms with van der Waals surface area (Å²) >= 11 is 0. The number of ether oxygens (including phenoxy) is 1. The number of allylic oxidation sites excluding steroid dienone is 2. The molecule has 0 radical (unpaired) electrons. The van der Waals surface area contributed by atoms with Crippen molar-refractivity contribution in [2.75, 3.05) is 20.2 Å². The van der Waals surface area contributed by atoms with Gasteiger partial charge in [-0.05, 0) is 59.0 Å². The maximum absolute atomic E-state index is 13.3.